The average Bonchev–Trinajstić information content (AvgIpc) is 2.54. The highest BCUT2D eigenvalue weighted by molar-refractivity contribution is 6.21. The van der Waals surface area contributed by atoms with Crippen molar-refractivity contribution in [3.05, 3.63) is 30.3 Å². The molecule has 0 spiro atoms. The Morgan fingerprint density at radius 1 is 1.24 bits per heavy atom. The van der Waals surface area contributed by atoms with E-state index in [1.165, 1.54) is 4.90 Å². The van der Waals surface area contributed by atoms with Crippen molar-refractivity contribution < 1.29 is 9.59 Å². The summed E-state index contributed by atoms with van der Waals surface area (Å²) in [5.74, 6) is 0.217. The van der Waals surface area contributed by atoms with Crippen LogP contribution in [0.2, 0.25) is 0 Å². The summed E-state index contributed by atoms with van der Waals surface area (Å²) in [5, 5.41) is 2.72. The molecule has 3 amide bonds. The van der Waals surface area contributed by atoms with E-state index in [0.29, 0.717) is 18.0 Å². The monoisotopic (exact) mass is 232 g/mol. The molecule has 1 aromatic carbocycles. The van der Waals surface area contributed by atoms with Gasteiger partial charge in [-0.05, 0) is 24.5 Å². The molecule has 4 nitrogen and oxygen atoms in total. The van der Waals surface area contributed by atoms with Crippen LogP contribution in [0.25, 0.3) is 0 Å². The normalized spacial score (nSPS) is 19.9. The summed E-state index contributed by atoms with van der Waals surface area (Å²) >= 11 is 0. The fourth-order valence-corrected chi connectivity index (χ4v) is 1.98. The van der Waals surface area contributed by atoms with Crippen LogP contribution in [0.3, 0.4) is 0 Å². The van der Waals surface area contributed by atoms with E-state index in [1.54, 1.807) is 12.1 Å². The third-order valence-electron chi connectivity index (χ3n) is 2.74. The lowest BCUT2D eigenvalue weighted by atomic mass is 10.0. The highest BCUT2D eigenvalue weighted by Crippen LogP contribution is 2.21. The van der Waals surface area contributed by atoms with Gasteiger partial charge in [-0.25, -0.2) is 9.69 Å². The molecule has 0 aromatic heterocycles. The summed E-state index contributed by atoms with van der Waals surface area (Å²) in [7, 11) is 0. The second-order valence-corrected chi connectivity index (χ2v) is 4.64. The van der Waals surface area contributed by atoms with Crippen LogP contribution >= 0.6 is 0 Å². The van der Waals surface area contributed by atoms with Crippen molar-refractivity contribution in [2.45, 2.75) is 26.3 Å². The first-order valence-electron chi connectivity index (χ1n) is 5.79. The summed E-state index contributed by atoms with van der Waals surface area (Å²) < 4.78 is 0. The first-order chi connectivity index (χ1) is 8.09. The lowest BCUT2D eigenvalue weighted by Gasteiger charge is -2.13. The number of imide groups is 1. The number of urea groups is 1. The van der Waals surface area contributed by atoms with E-state index in [-0.39, 0.29) is 18.0 Å². The zero-order valence-electron chi connectivity index (χ0n) is 10.0. The number of rotatable bonds is 3. The van der Waals surface area contributed by atoms with E-state index in [0.717, 1.165) is 0 Å². The SMILES string of the molecule is CC(C)C[C@H]1NC(=O)N(c2ccccc2)C1=O. The molecule has 1 heterocycles. The summed E-state index contributed by atoms with van der Waals surface area (Å²) in [6, 6.07) is 8.28. The van der Waals surface area contributed by atoms with Gasteiger partial charge in [0, 0.05) is 0 Å². The van der Waals surface area contributed by atoms with Gasteiger partial charge in [-0.1, -0.05) is 32.0 Å². The maximum atomic E-state index is 12.1. The summed E-state index contributed by atoms with van der Waals surface area (Å²) in [6.07, 6.45) is 0.675. The standard InChI is InChI=1S/C13H16N2O2/c1-9(2)8-11-12(16)15(13(17)14-11)10-6-4-3-5-7-10/h3-7,9,11H,8H2,1-2H3,(H,14,17)/t11-/m1/s1. The van der Waals surface area contributed by atoms with E-state index in [1.807, 2.05) is 32.0 Å². The number of carbonyl (C=O) groups excluding carboxylic acids is 2. The second kappa shape index (κ2) is 4.57. The smallest absolute Gasteiger partial charge is 0.325 e. The topological polar surface area (TPSA) is 49.4 Å². The molecule has 0 aliphatic carbocycles. The predicted octanol–water partition coefficient (Wildman–Crippen LogP) is 2.16. The van der Waals surface area contributed by atoms with Crippen LogP contribution in [0.5, 0.6) is 0 Å². The van der Waals surface area contributed by atoms with Gasteiger partial charge in [0.05, 0.1) is 5.69 Å². The summed E-state index contributed by atoms with van der Waals surface area (Å²) in [5.41, 5.74) is 0.626. The molecule has 0 saturated carbocycles. The van der Waals surface area contributed by atoms with Crippen LogP contribution in [-0.4, -0.2) is 18.0 Å². The molecule has 1 fully saturated rings. The first-order valence-corrected chi connectivity index (χ1v) is 5.79. The zero-order chi connectivity index (χ0) is 12.4. The molecule has 1 aliphatic rings. The van der Waals surface area contributed by atoms with Gasteiger partial charge in [-0.15, -0.1) is 0 Å². The van der Waals surface area contributed by atoms with Crippen LogP contribution in [0.1, 0.15) is 20.3 Å². The van der Waals surface area contributed by atoms with E-state index >= 15 is 0 Å². The van der Waals surface area contributed by atoms with Crippen LogP contribution in [0.15, 0.2) is 30.3 Å². The van der Waals surface area contributed by atoms with Crippen LogP contribution < -0.4 is 10.2 Å². The highest BCUT2D eigenvalue weighted by Gasteiger charge is 2.38. The third kappa shape index (κ3) is 2.30. The van der Waals surface area contributed by atoms with Gasteiger partial charge in [-0.2, -0.15) is 0 Å². The Hall–Kier alpha value is -1.84. The fraction of sp³-hybridized carbons (Fsp3) is 0.385. The van der Waals surface area contributed by atoms with Crippen molar-refractivity contribution >= 4 is 17.6 Å². The van der Waals surface area contributed by atoms with Crippen molar-refractivity contribution in [1.29, 1.82) is 0 Å². The number of para-hydroxylation sites is 1. The molecule has 0 bridgehead atoms. The van der Waals surface area contributed by atoms with Crippen molar-refractivity contribution in [3.63, 3.8) is 0 Å². The quantitative estimate of drug-likeness (QED) is 0.812. The third-order valence-corrected chi connectivity index (χ3v) is 2.74. The Balaban J connectivity index is 2.20. The largest absolute Gasteiger partial charge is 0.329 e. The van der Waals surface area contributed by atoms with Crippen molar-refractivity contribution in [2.75, 3.05) is 4.90 Å². The molecule has 1 atom stereocenters. The van der Waals surface area contributed by atoms with Crippen molar-refractivity contribution in [3.8, 4) is 0 Å². The Bertz CT molecular complexity index is 428. The van der Waals surface area contributed by atoms with Gasteiger partial charge in [0.25, 0.3) is 5.91 Å². The van der Waals surface area contributed by atoms with Gasteiger partial charge in [0.15, 0.2) is 0 Å². The van der Waals surface area contributed by atoms with E-state index in [9.17, 15) is 9.59 Å². The van der Waals surface area contributed by atoms with E-state index in [2.05, 4.69) is 5.32 Å². The number of hydrogen-bond donors (Lipinski definition) is 1. The van der Waals surface area contributed by atoms with Crippen LogP contribution in [0, 0.1) is 5.92 Å². The molecule has 0 radical (unpaired) electrons. The number of anilines is 1. The second-order valence-electron chi connectivity index (χ2n) is 4.64. The molecule has 1 N–H and O–H groups in total. The fourth-order valence-electron chi connectivity index (χ4n) is 1.98. The lowest BCUT2D eigenvalue weighted by Crippen LogP contribution is -2.31. The minimum absolute atomic E-state index is 0.157. The number of benzene rings is 1. The highest BCUT2D eigenvalue weighted by atomic mass is 16.2. The molecule has 17 heavy (non-hydrogen) atoms. The van der Waals surface area contributed by atoms with Gasteiger partial charge in [-0.3, -0.25) is 4.79 Å². The lowest BCUT2D eigenvalue weighted by molar-refractivity contribution is -0.118. The van der Waals surface area contributed by atoms with E-state index < -0.39 is 0 Å². The van der Waals surface area contributed by atoms with Crippen molar-refractivity contribution in [1.82, 2.24) is 5.32 Å². The van der Waals surface area contributed by atoms with Crippen LogP contribution in [0.4, 0.5) is 10.5 Å². The predicted molar refractivity (Wildman–Crippen MR) is 65.7 cm³/mol. The molecule has 90 valence electrons. The van der Waals surface area contributed by atoms with Crippen molar-refractivity contribution in [2.24, 2.45) is 5.92 Å². The zero-order valence-corrected chi connectivity index (χ0v) is 10.0. The number of hydrogen-bond acceptors (Lipinski definition) is 2. The van der Waals surface area contributed by atoms with Gasteiger partial charge in [0.1, 0.15) is 6.04 Å². The molecule has 1 aliphatic heterocycles. The average molecular weight is 232 g/mol. The number of nitrogens with one attached hydrogen (secondary N) is 1. The van der Waals surface area contributed by atoms with Gasteiger partial charge in [0.2, 0.25) is 0 Å². The number of amides is 3. The Morgan fingerprint density at radius 3 is 2.47 bits per heavy atom. The number of carbonyl (C=O) groups is 2. The maximum absolute atomic E-state index is 12.1. The minimum atomic E-state index is -0.386. The Labute approximate surface area is 101 Å². The molecule has 1 aromatic rings. The molecule has 1 saturated heterocycles. The molecular weight excluding hydrogens is 216 g/mol. The summed E-state index contributed by atoms with van der Waals surface area (Å²) in [6.45, 7) is 4.06. The molecule has 2 rings (SSSR count). The molecular formula is C13H16N2O2. The van der Waals surface area contributed by atoms with Gasteiger partial charge >= 0.3 is 6.03 Å². The van der Waals surface area contributed by atoms with Crippen LogP contribution in [-0.2, 0) is 4.79 Å². The Kier molecular flexibility index (Phi) is 3.13. The summed E-state index contributed by atoms with van der Waals surface area (Å²) in [4.78, 5) is 25.1. The minimum Gasteiger partial charge on any atom is -0.325 e. The van der Waals surface area contributed by atoms with Gasteiger partial charge < -0.3 is 5.32 Å². The number of nitrogens with zero attached hydrogens (tertiary/aromatic N) is 1. The Morgan fingerprint density at radius 2 is 1.88 bits per heavy atom. The maximum Gasteiger partial charge on any atom is 0.329 e. The van der Waals surface area contributed by atoms with E-state index in [4.69, 9.17) is 0 Å². The molecule has 0 unspecified atom stereocenters. The molecule has 4 heteroatoms. The first kappa shape index (κ1) is 11.6.